The standard InChI is InChI=1S/C20H29NO5/c1-15(2)13-17(20(24)26-14-16-9-5-4-6-10-16)21-18(22)11-7-8-12-19(23)25-3/h4-6,9-10,15,17H,7-8,11-14H2,1-3H3,(H,21,22)/t17-/m0/s1. The van der Waals surface area contributed by atoms with Gasteiger partial charge in [-0.1, -0.05) is 44.2 Å². The first-order chi connectivity index (χ1) is 12.4. The Balaban J connectivity index is 2.45. The lowest BCUT2D eigenvalue weighted by molar-refractivity contribution is -0.149. The molecule has 26 heavy (non-hydrogen) atoms. The van der Waals surface area contributed by atoms with Crippen LogP contribution in [0.4, 0.5) is 0 Å². The minimum atomic E-state index is -0.660. The maximum absolute atomic E-state index is 12.3. The molecule has 0 saturated heterocycles. The average molecular weight is 363 g/mol. The van der Waals surface area contributed by atoms with Gasteiger partial charge < -0.3 is 14.8 Å². The van der Waals surface area contributed by atoms with Crippen molar-refractivity contribution in [2.45, 2.75) is 58.6 Å². The minimum Gasteiger partial charge on any atom is -0.469 e. The van der Waals surface area contributed by atoms with Crippen molar-refractivity contribution in [3.63, 3.8) is 0 Å². The van der Waals surface area contributed by atoms with Gasteiger partial charge in [0.25, 0.3) is 0 Å². The first kappa shape index (κ1) is 21.7. The fourth-order valence-electron chi connectivity index (χ4n) is 2.44. The molecule has 0 spiro atoms. The van der Waals surface area contributed by atoms with E-state index in [1.165, 1.54) is 7.11 Å². The van der Waals surface area contributed by atoms with E-state index in [0.717, 1.165) is 5.56 Å². The zero-order chi connectivity index (χ0) is 19.4. The molecule has 1 amide bonds. The van der Waals surface area contributed by atoms with Gasteiger partial charge in [-0.2, -0.15) is 0 Å². The molecule has 0 radical (unpaired) electrons. The third-order valence-corrected chi connectivity index (χ3v) is 3.81. The Morgan fingerprint density at radius 1 is 1.04 bits per heavy atom. The number of rotatable bonds is 11. The first-order valence-electron chi connectivity index (χ1n) is 8.99. The molecule has 0 aliphatic carbocycles. The Hall–Kier alpha value is -2.37. The maximum Gasteiger partial charge on any atom is 0.328 e. The average Bonchev–Trinajstić information content (AvgIpc) is 2.63. The van der Waals surface area contributed by atoms with Crippen LogP contribution in [0.5, 0.6) is 0 Å². The molecule has 0 aromatic heterocycles. The van der Waals surface area contributed by atoms with Crippen LogP contribution in [0.2, 0.25) is 0 Å². The number of amides is 1. The molecule has 0 aliphatic heterocycles. The van der Waals surface area contributed by atoms with E-state index in [1.807, 2.05) is 44.2 Å². The zero-order valence-corrected chi connectivity index (χ0v) is 15.8. The van der Waals surface area contributed by atoms with Crippen molar-refractivity contribution in [2.24, 2.45) is 5.92 Å². The van der Waals surface area contributed by atoms with Gasteiger partial charge >= 0.3 is 11.9 Å². The third kappa shape index (κ3) is 9.20. The Morgan fingerprint density at radius 3 is 2.31 bits per heavy atom. The van der Waals surface area contributed by atoms with Crippen LogP contribution in [-0.4, -0.2) is 31.0 Å². The SMILES string of the molecule is COC(=O)CCCCC(=O)N[C@@H](CC(C)C)C(=O)OCc1ccccc1. The van der Waals surface area contributed by atoms with Gasteiger partial charge in [0, 0.05) is 12.8 Å². The number of ether oxygens (including phenoxy) is 2. The van der Waals surface area contributed by atoms with Crippen molar-refractivity contribution in [3.05, 3.63) is 35.9 Å². The summed E-state index contributed by atoms with van der Waals surface area (Å²) >= 11 is 0. The van der Waals surface area contributed by atoms with E-state index in [2.05, 4.69) is 10.1 Å². The second kappa shape index (κ2) is 12.1. The lowest BCUT2D eigenvalue weighted by Gasteiger charge is -2.19. The molecule has 0 fully saturated rings. The highest BCUT2D eigenvalue weighted by molar-refractivity contribution is 5.84. The van der Waals surface area contributed by atoms with Crippen molar-refractivity contribution in [2.75, 3.05) is 7.11 Å². The number of hydrogen-bond acceptors (Lipinski definition) is 5. The monoisotopic (exact) mass is 363 g/mol. The van der Waals surface area contributed by atoms with Crippen LogP contribution in [0.25, 0.3) is 0 Å². The summed E-state index contributed by atoms with van der Waals surface area (Å²) in [6, 6.07) is 8.75. The largest absolute Gasteiger partial charge is 0.469 e. The van der Waals surface area contributed by atoms with Crippen LogP contribution in [0.1, 0.15) is 51.5 Å². The first-order valence-corrected chi connectivity index (χ1v) is 8.99. The molecule has 1 N–H and O–H groups in total. The van der Waals surface area contributed by atoms with Gasteiger partial charge in [-0.25, -0.2) is 4.79 Å². The number of carbonyl (C=O) groups excluding carboxylic acids is 3. The van der Waals surface area contributed by atoms with E-state index in [0.29, 0.717) is 19.3 Å². The molecular formula is C20H29NO5. The van der Waals surface area contributed by atoms with E-state index in [9.17, 15) is 14.4 Å². The molecular weight excluding hydrogens is 334 g/mol. The smallest absolute Gasteiger partial charge is 0.328 e. The second-order valence-electron chi connectivity index (χ2n) is 6.63. The summed E-state index contributed by atoms with van der Waals surface area (Å²) in [6.07, 6.45) is 2.21. The van der Waals surface area contributed by atoms with Crippen molar-refractivity contribution in [1.82, 2.24) is 5.32 Å². The number of unbranched alkanes of at least 4 members (excludes halogenated alkanes) is 1. The molecule has 0 saturated carbocycles. The van der Waals surface area contributed by atoms with Crippen LogP contribution in [0.3, 0.4) is 0 Å². The number of hydrogen-bond donors (Lipinski definition) is 1. The van der Waals surface area contributed by atoms with Crippen LogP contribution in [-0.2, 0) is 30.5 Å². The minimum absolute atomic E-state index is 0.184. The summed E-state index contributed by atoms with van der Waals surface area (Å²) in [7, 11) is 1.34. The molecule has 144 valence electrons. The van der Waals surface area contributed by atoms with Gasteiger partial charge in [-0.05, 0) is 30.7 Å². The van der Waals surface area contributed by atoms with E-state index >= 15 is 0 Å². The van der Waals surface area contributed by atoms with Gasteiger partial charge in [-0.3, -0.25) is 9.59 Å². The summed E-state index contributed by atoms with van der Waals surface area (Å²) in [4.78, 5) is 35.5. The Bertz CT molecular complexity index is 571. The van der Waals surface area contributed by atoms with Crippen molar-refractivity contribution in [1.29, 1.82) is 0 Å². The molecule has 1 rings (SSSR count). The Labute approximate surface area is 155 Å². The highest BCUT2D eigenvalue weighted by Crippen LogP contribution is 2.10. The fraction of sp³-hybridized carbons (Fsp3) is 0.550. The Morgan fingerprint density at radius 2 is 1.69 bits per heavy atom. The van der Waals surface area contributed by atoms with Crippen LogP contribution in [0, 0.1) is 5.92 Å². The lowest BCUT2D eigenvalue weighted by atomic mass is 10.0. The van der Waals surface area contributed by atoms with Crippen LogP contribution >= 0.6 is 0 Å². The quantitative estimate of drug-likeness (QED) is 0.483. The molecule has 0 bridgehead atoms. The van der Waals surface area contributed by atoms with Gasteiger partial charge in [0.05, 0.1) is 7.11 Å². The molecule has 6 heteroatoms. The van der Waals surface area contributed by atoms with E-state index in [-0.39, 0.29) is 37.2 Å². The van der Waals surface area contributed by atoms with E-state index in [4.69, 9.17) is 4.74 Å². The van der Waals surface area contributed by atoms with Crippen molar-refractivity contribution >= 4 is 17.8 Å². The van der Waals surface area contributed by atoms with Crippen LogP contribution < -0.4 is 5.32 Å². The molecule has 0 aliphatic rings. The zero-order valence-electron chi connectivity index (χ0n) is 15.8. The number of carbonyl (C=O) groups is 3. The topological polar surface area (TPSA) is 81.7 Å². The summed E-state index contributed by atoms with van der Waals surface area (Å²) in [5.41, 5.74) is 0.901. The van der Waals surface area contributed by atoms with Gasteiger partial charge in [0.1, 0.15) is 12.6 Å². The highest BCUT2D eigenvalue weighted by atomic mass is 16.5. The Kier molecular flexibility index (Phi) is 10.1. The highest BCUT2D eigenvalue weighted by Gasteiger charge is 2.23. The van der Waals surface area contributed by atoms with E-state index in [1.54, 1.807) is 0 Å². The van der Waals surface area contributed by atoms with Gasteiger partial charge in [-0.15, -0.1) is 0 Å². The van der Waals surface area contributed by atoms with Crippen LogP contribution in [0.15, 0.2) is 30.3 Å². The molecule has 1 aromatic rings. The summed E-state index contributed by atoms with van der Waals surface area (Å²) < 4.78 is 9.91. The van der Waals surface area contributed by atoms with Crippen molar-refractivity contribution in [3.8, 4) is 0 Å². The summed E-state index contributed by atoms with van der Waals surface area (Å²) in [5.74, 6) is -0.681. The normalized spacial score (nSPS) is 11.7. The molecule has 1 atom stereocenters. The molecule has 1 aromatic carbocycles. The number of nitrogens with one attached hydrogen (secondary N) is 1. The molecule has 6 nitrogen and oxygen atoms in total. The molecule has 0 unspecified atom stereocenters. The predicted molar refractivity (Wildman–Crippen MR) is 98.1 cm³/mol. The van der Waals surface area contributed by atoms with E-state index < -0.39 is 12.0 Å². The number of esters is 2. The molecule has 0 heterocycles. The number of methoxy groups -OCH3 is 1. The lowest BCUT2D eigenvalue weighted by Crippen LogP contribution is -2.42. The third-order valence-electron chi connectivity index (χ3n) is 3.81. The summed E-state index contributed by atoms with van der Waals surface area (Å²) in [5, 5.41) is 2.76. The second-order valence-corrected chi connectivity index (χ2v) is 6.63. The predicted octanol–water partition coefficient (Wildman–Crippen LogP) is 2.99. The van der Waals surface area contributed by atoms with Gasteiger partial charge in [0.2, 0.25) is 5.91 Å². The fourth-order valence-corrected chi connectivity index (χ4v) is 2.44. The van der Waals surface area contributed by atoms with Gasteiger partial charge in [0.15, 0.2) is 0 Å². The summed E-state index contributed by atoms with van der Waals surface area (Å²) in [6.45, 7) is 4.16. The maximum atomic E-state index is 12.3. The van der Waals surface area contributed by atoms with Crippen molar-refractivity contribution < 1.29 is 23.9 Å². The number of benzene rings is 1.